The predicted molar refractivity (Wildman–Crippen MR) is 92.7 cm³/mol. The third-order valence-electron chi connectivity index (χ3n) is 4.12. The van der Waals surface area contributed by atoms with E-state index in [1.54, 1.807) is 0 Å². The van der Waals surface area contributed by atoms with Crippen molar-refractivity contribution in [1.82, 2.24) is 0 Å². The fourth-order valence-electron chi connectivity index (χ4n) is 2.81. The number of rotatable bonds is 6. The molecule has 0 aliphatic heterocycles. The van der Waals surface area contributed by atoms with Gasteiger partial charge in [0, 0.05) is 0 Å². The van der Waals surface area contributed by atoms with Crippen molar-refractivity contribution in [2.24, 2.45) is 5.92 Å². The molecule has 1 aliphatic rings. The number of carbonyl (C=O) groups is 1. The fourth-order valence-corrected chi connectivity index (χ4v) is 5.55. The van der Waals surface area contributed by atoms with Gasteiger partial charge >= 0.3 is 138 Å². The van der Waals surface area contributed by atoms with Crippen LogP contribution < -0.4 is 0 Å². The predicted octanol–water partition coefficient (Wildman–Crippen LogP) is 4.30. The SMILES string of the molecule is CCC(=O)C1CC(c2ccccc2)=C1[Se]Cc1ccccc1. The van der Waals surface area contributed by atoms with Crippen LogP contribution in [0.1, 0.15) is 30.9 Å². The normalized spacial score (nSPS) is 17.2. The maximum atomic E-state index is 12.2. The molecule has 0 fully saturated rings. The summed E-state index contributed by atoms with van der Waals surface area (Å²) in [6, 6.07) is 21.1. The quantitative estimate of drug-likeness (QED) is 0.706. The molecule has 0 saturated heterocycles. The van der Waals surface area contributed by atoms with Gasteiger partial charge in [0.25, 0.3) is 0 Å². The minimum absolute atomic E-state index is 0.184. The number of benzene rings is 2. The first-order chi connectivity index (χ1) is 10.8. The van der Waals surface area contributed by atoms with E-state index >= 15 is 0 Å². The third kappa shape index (κ3) is 3.24. The number of hydrogen-bond donors (Lipinski definition) is 0. The van der Waals surface area contributed by atoms with Crippen molar-refractivity contribution < 1.29 is 4.79 Å². The van der Waals surface area contributed by atoms with Crippen LogP contribution in [0.3, 0.4) is 0 Å². The van der Waals surface area contributed by atoms with E-state index < -0.39 is 0 Å². The van der Waals surface area contributed by atoms with Crippen molar-refractivity contribution in [3.8, 4) is 0 Å². The zero-order valence-electron chi connectivity index (χ0n) is 12.8. The molecule has 112 valence electrons. The van der Waals surface area contributed by atoms with Crippen molar-refractivity contribution in [2.45, 2.75) is 25.1 Å². The molecule has 3 rings (SSSR count). The first kappa shape index (κ1) is 15.3. The number of carbonyl (C=O) groups excluding carboxylic acids is 1. The van der Waals surface area contributed by atoms with Crippen molar-refractivity contribution in [3.05, 3.63) is 76.3 Å². The summed E-state index contributed by atoms with van der Waals surface area (Å²) >= 11 is 0.361. The molecular weight excluding hydrogens is 335 g/mol. The molecule has 0 aromatic heterocycles. The summed E-state index contributed by atoms with van der Waals surface area (Å²) in [5, 5.41) is 1.08. The van der Waals surface area contributed by atoms with E-state index in [0.717, 1.165) is 11.7 Å². The molecule has 0 radical (unpaired) electrons. The molecule has 1 nitrogen and oxygen atoms in total. The van der Waals surface area contributed by atoms with Crippen LogP contribution in [0.25, 0.3) is 5.57 Å². The Morgan fingerprint density at radius 3 is 2.32 bits per heavy atom. The van der Waals surface area contributed by atoms with Crippen LogP contribution in [0.4, 0.5) is 0 Å². The van der Waals surface area contributed by atoms with Gasteiger partial charge < -0.3 is 0 Å². The molecule has 2 heteroatoms. The number of allylic oxidation sites excluding steroid dienone is 2. The fraction of sp³-hybridized carbons (Fsp3) is 0.250. The summed E-state index contributed by atoms with van der Waals surface area (Å²) < 4.78 is 1.43. The van der Waals surface area contributed by atoms with E-state index in [1.807, 2.05) is 13.0 Å². The Kier molecular flexibility index (Phi) is 4.92. The summed E-state index contributed by atoms with van der Waals surface area (Å²) in [4.78, 5) is 12.2. The third-order valence-corrected chi connectivity index (χ3v) is 6.89. The molecule has 2 aromatic rings. The number of hydrogen-bond acceptors (Lipinski definition) is 1. The van der Waals surface area contributed by atoms with Crippen LogP contribution >= 0.6 is 0 Å². The van der Waals surface area contributed by atoms with Crippen LogP contribution in [-0.4, -0.2) is 20.7 Å². The monoisotopic (exact) mass is 356 g/mol. The van der Waals surface area contributed by atoms with Gasteiger partial charge in [-0.3, -0.25) is 0 Å². The Balaban J connectivity index is 1.82. The van der Waals surface area contributed by atoms with Crippen LogP contribution in [0.15, 0.2) is 65.1 Å². The molecule has 0 heterocycles. The summed E-state index contributed by atoms with van der Waals surface area (Å²) in [7, 11) is 0. The minimum atomic E-state index is 0.184. The molecule has 0 spiro atoms. The van der Waals surface area contributed by atoms with Crippen LogP contribution in [0.2, 0.25) is 0 Å². The molecular formula is C20H20OSe. The summed E-state index contributed by atoms with van der Waals surface area (Å²) in [6.45, 7) is 1.98. The zero-order valence-corrected chi connectivity index (χ0v) is 14.5. The van der Waals surface area contributed by atoms with E-state index in [-0.39, 0.29) is 5.92 Å². The van der Waals surface area contributed by atoms with Gasteiger partial charge in [0.15, 0.2) is 0 Å². The van der Waals surface area contributed by atoms with Crippen LogP contribution in [-0.2, 0) is 10.1 Å². The molecule has 1 unspecified atom stereocenters. The second-order valence-electron chi connectivity index (χ2n) is 5.56. The summed E-state index contributed by atoms with van der Waals surface area (Å²) in [6.07, 6.45) is 1.58. The van der Waals surface area contributed by atoms with E-state index in [1.165, 1.54) is 21.2 Å². The summed E-state index contributed by atoms with van der Waals surface area (Å²) in [5.74, 6) is 0.591. The molecule has 0 bridgehead atoms. The maximum absolute atomic E-state index is 12.2. The van der Waals surface area contributed by atoms with Gasteiger partial charge in [-0.05, 0) is 0 Å². The molecule has 22 heavy (non-hydrogen) atoms. The second-order valence-corrected chi connectivity index (χ2v) is 7.69. The van der Waals surface area contributed by atoms with Gasteiger partial charge in [0.1, 0.15) is 0 Å². The van der Waals surface area contributed by atoms with Crippen molar-refractivity contribution >= 4 is 26.3 Å². The first-order valence-electron chi connectivity index (χ1n) is 7.77. The summed E-state index contributed by atoms with van der Waals surface area (Å²) in [5.41, 5.74) is 4.09. The topological polar surface area (TPSA) is 17.1 Å². The van der Waals surface area contributed by atoms with Gasteiger partial charge in [-0.25, -0.2) is 0 Å². The van der Waals surface area contributed by atoms with E-state index in [4.69, 9.17) is 0 Å². The van der Waals surface area contributed by atoms with Gasteiger partial charge in [0.2, 0.25) is 0 Å². The number of Topliss-reactive ketones (excluding diaryl/α,β-unsaturated/α-hetero) is 1. The van der Waals surface area contributed by atoms with E-state index in [9.17, 15) is 4.79 Å². The molecule has 0 N–H and O–H groups in total. The van der Waals surface area contributed by atoms with Crippen LogP contribution in [0.5, 0.6) is 0 Å². The molecule has 0 saturated carbocycles. The van der Waals surface area contributed by atoms with Gasteiger partial charge in [-0.2, -0.15) is 0 Å². The van der Waals surface area contributed by atoms with Gasteiger partial charge in [-0.1, -0.05) is 0 Å². The first-order valence-corrected chi connectivity index (χ1v) is 9.84. The average Bonchev–Trinajstić information content (AvgIpc) is 2.56. The molecule has 1 atom stereocenters. The van der Waals surface area contributed by atoms with Crippen LogP contribution in [0, 0.1) is 5.92 Å². The Bertz CT molecular complexity index is 673. The Labute approximate surface area is 138 Å². The second kappa shape index (κ2) is 7.09. The van der Waals surface area contributed by atoms with E-state index in [0.29, 0.717) is 27.2 Å². The Morgan fingerprint density at radius 2 is 1.68 bits per heavy atom. The zero-order chi connectivity index (χ0) is 15.4. The number of ketones is 1. The average molecular weight is 355 g/mol. The van der Waals surface area contributed by atoms with Gasteiger partial charge in [-0.15, -0.1) is 0 Å². The Hall–Kier alpha value is -1.63. The van der Waals surface area contributed by atoms with E-state index in [2.05, 4.69) is 54.6 Å². The van der Waals surface area contributed by atoms with Crippen molar-refractivity contribution in [1.29, 1.82) is 0 Å². The molecule has 2 aromatic carbocycles. The van der Waals surface area contributed by atoms with Crippen molar-refractivity contribution in [3.63, 3.8) is 0 Å². The Morgan fingerprint density at radius 1 is 1.05 bits per heavy atom. The van der Waals surface area contributed by atoms with Gasteiger partial charge in [0.05, 0.1) is 0 Å². The molecule has 0 amide bonds. The van der Waals surface area contributed by atoms with Crippen molar-refractivity contribution in [2.75, 3.05) is 0 Å². The molecule has 1 aliphatic carbocycles. The standard InChI is InChI=1S/C20H20OSe/c1-2-19(21)18-13-17(16-11-7-4-8-12-16)20(18)22-14-15-9-5-3-6-10-15/h3-12,18H,2,13-14H2,1H3.